The third kappa shape index (κ3) is 3.49. The summed E-state index contributed by atoms with van der Waals surface area (Å²) in [5, 5.41) is 0. The number of carbonyl (C=O) groups excluding carboxylic acids is 1. The zero-order valence-electron chi connectivity index (χ0n) is 11.9. The Hall–Kier alpha value is -1.14. The van der Waals surface area contributed by atoms with Gasteiger partial charge in [0.15, 0.2) is 0 Å². The molecule has 2 rings (SSSR count). The Morgan fingerprint density at radius 2 is 2.25 bits per heavy atom. The second-order valence-electron chi connectivity index (χ2n) is 5.15. The summed E-state index contributed by atoms with van der Waals surface area (Å²) in [5.74, 6) is -0.0202. The summed E-state index contributed by atoms with van der Waals surface area (Å²) in [5.41, 5.74) is -0.156. The van der Waals surface area contributed by atoms with Gasteiger partial charge in [0, 0.05) is 42.9 Å². The predicted octanol–water partition coefficient (Wildman–Crippen LogP) is 1.16. The summed E-state index contributed by atoms with van der Waals surface area (Å²) in [7, 11) is 1.83. The lowest BCUT2D eigenvalue weighted by Crippen LogP contribution is -2.41. The number of hydrogen-bond acceptors (Lipinski definition) is 3. The number of likely N-dealkylation sites (N-methyl/N-ethyl adjacent to an activating group) is 2. The van der Waals surface area contributed by atoms with E-state index in [4.69, 9.17) is 0 Å². The van der Waals surface area contributed by atoms with Gasteiger partial charge in [-0.3, -0.25) is 9.59 Å². The summed E-state index contributed by atoms with van der Waals surface area (Å²) >= 11 is 3.32. The fraction of sp³-hybridized carbons (Fsp3) is 0.571. The Morgan fingerprint density at radius 3 is 2.90 bits per heavy atom. The first kappa shape index (κ1) is 15.3. The molecular formula is C14H20BrN3O2. The van der Waals surface area contributed by atoms with Crippen LogP contribution in [0.5, 0.6) is 0 Å². The molecule has 5 nitrogen and oxygen atoms in total. The number of amides is 1. The van der Waals surface area contributed by atoms with Gasteiger partial charge in [-0.25, -0.2) is 0 Å². The van der Waals surface area contributed by atoms with Crippen LogP contribution in [-0.4, -0.2) is 53.0 Å². The molecule has 20 heavy (non-hydrogen) atoms. The Bertz CT molecular complexity index is 543. The molecule has 0 N–H and O–H groups in total. The fourth-order valence-corrected chi connectivity index (χ4v) is 2.88. The molecule has 1 aromatic heterocycles. The monoisotopic (exact) mass is 341 g/mol. The van der Waals surface area contributed by atoms with E-state index in [0.29, 0.717) is 0 Å². The Kier molecular flexibility index (Phi) is 4.99. The van der Waals surface area contributed by atoms with Crippen LogP contribution in [-0.2, 0) is 11.3 Å². The zero-order chi connectivity index (χ0) is 14.7. The number of carbonyl (C=O) groups is 1. The summed E-state index contributed by atoms with van der Waals surface area (Å²) in [6, 6.07) is 3.40. The largest absolute Gasteiger partial charge is 0.340 e. The number of nitrogens with zero attached hydrogens (tertiary/aromatic N) is 3. The molecule has 2 heterocycles. The molecular weight excluding hydrogens is 322 g/mol. The maximum absolute atomic E-state index is 12.3. The predicted molar refractivity (Wildman–Crippen MR) is 81.7 cm³/mol. The van der Waals surface area contributed by atoms with E-state index in [1.807, 2.05) is 7.05 Å². The van der Waals surface area contributed by atoms with Crippen molar-refractivity contribution >= 4 is 21.8 Å². The van der Waals surface area contributed by atoms with E-state index in [-0.39, 0.29) is 24.1 Å². The minimum absolute atomic E-state index is 0.0202. The minimum atomic E-state index is -0.156. The van der Waals surface area contributed by atoms with E-state index in [0.717, 1.165) is 30.5 Å². The summed E-state index contributed by atoms with van der Waals surface area (Å²) in [4.78, 5) is 28.1. The van der Waals surface area contributed by atoms with Gasteiger partial charge in [-0.05, 0) is 35.0 Å². The molecule has 0 radical (unpaired) electrons. The molecule has 0 aliphatic carbocycles. The molecule has 110 valence electrons. The fourth-order valence-electron chi connectivity index (χ4n) is 2.50. The highest BCUT2D eigenvalue weighted by Crippen LogP contribution is 2.14. The average molecular weight is 342 g/mol. The van der Waals surface area contributed by atoms with E-state index in [9.17, 15) is 9.59 Å². The van der Waals surface area contributed by atoms with Crippen LogP contribution in [0.3, 0.4) is 0 Å². The molecule has 1 aliphatic rings. The summed E-state index contributed by atoms with van der Waals surface area (Å²) < 4.78 is 2.24. The first-order chi connectivity index (χ1) is 9.51. The van der Waals surface area contributed by atoms with Crippen molar-refractivity contribution in [1.82, 2.24) is 14.4 Å². The Morgan fingerprint density at radius 1 is 1.50 bits per heavy atom. The van der Waals surface area contributed by atoms with Crippen molar-refractivity contribution in [2.24, 2.45) is 0 Å². The SMILES string of the molecule is CCN1CCC(N(C)C(=O)Cn2cc(Br)ccc2=O)C1. The van der Waals surface area contributed by atoms with Gasteiger partial charge in [0.1, 0.15) is 6.54 Å². The molecule has 1 atom stereocenters. The van der Waals surface area contributed by atoms with Crippen molar-refractivity contribution in [3.63, 3.8) is 0 Å². The Balaban J connectivity index is 2.01. The highest BCUT2D eigenvalue weighted by Gasteiger charge is 2.27. The topological polar surface area (TPSA) is 45.5 Å². The van der Waals surface area contributed by atoms with E-state index in [1.165, 1.54) is 10.6 Å². The van der Waals surface area contributed by atoms with Crippen LogP contribution in [0, 0.1) is 0 Å². The lowest BCUT2D eigenvalue weighted by atomic mass is 10.2. The normalized spacial score (nSPS) is 19.2. The minimum Gasteiger partial charge on any atom is -0.340 e. The van der Waals surface area contributed by atoms with E-state index < -0.39 is 0 Å². The van der Waals surface area contributed by atoms with Gasteiger partial charge < -0.3 is 14.4 Å². The number of pyridine rings is 1. The van der Waals surface area contributed by atoms with Gasteiger partial charge in [-0.1, -0.05) is 6.92 Å². The standard InChI is InChI=1S/C14H20BrN3O2/c1-3-17-7-6-12(9-17)16(2)14(20)10-18-8-11(15)4-5-13(18)19/h4-5,8,12H,3,6-7,9-10H2,1-2H3. The maximum atomic E-state index is 12.3. The van der Waals surface area contributed by atoms with Crippen LogP contribution in [0.15, 0.2) is 27.6 Å². The second-order valence-corrected chi connectivity index (χ2v) is 6.07. The van der Waals surface area contributed by atoms with Crippen LogP contribution in [0.1, 0.15) is 13.3 Å². The highest BCUT2D eigenvalue weighted by atomic mass is 79.9. The highest BCUT2D eigenvalue weighted by molar-refractivity contribution is 9.10. The molecule has 0 spiro atoms. The van der Waals surface area contributed by atoms with Crippen molar-refractivity contribution in [3.8, 4) is 0 Å². The molecule has 1 aromatic rings. The smallest absolute Gasteiger partial charge is 0.251 e. The van der Waals surface area contributed by atoms with Gasteiger partial charge in [0.05, 0.1) is 0 Å². The van der Waals surface area contributed by atoms with Crippen LogP contribution in [0.25, 0.3) is 0 Å². The number of hydrogen-bond donors (Lipinski definition) is 0. The first-order valence-electron chi connectivity index (χ1n) is 6.85. The quantitative estimate of drug-likeness (QED) is 0.825. The molecule has 0 aromatic carbocycles. The van der Waals surface area contributed by atoms with Crippen LogP contribution < -0.4 is 5.56 Å². The molecule has 1 aliphatic heterocycles. The molecule has 1 unspecified atom stereocenters. The summed E-state index contributed by atoms with van der Waals surface area (Å²) in [6.45, 7) is 5.20. The van der Waals surface area contributed by atoms with Crippen LogP contribution in [0.4, 0.5) is 0 Å². The third-order valence-electron chi connectivity index (χ3n) is 3.89. The van der Waals surface area contributed by atoms with Crippen molar-refractivity contribution in [2.75, 3.05) is 26.7 Å². The lowest BCUT2D eigenvalue weighted by molar-refractivity contribution is -0.132. The van der Waals surface area contributed by atoms with E-state index in [1.54, 1.807) is 17.2 Å². The van der Waals surface area contributed by atoms with Gasteiger partial charge in [-0.2, -0.15) is 0 Å². The van der Waals surface area contributed by atoms with Crippen molar-refractivity contribution in [3.05, 3.63) is 33.2 Å². The van der Waals surface area contributed by atoms with E-state index >= 15 is 0 Å². The molecule has 0 bridgehead atoms. The number of halogens is 1. The van der Waals surface area contributed by atoms with E-state index in [2.05, 4.69) is 27.8 Å². The van der Waals surface area contributed by atoms with Crippen molar-refractivity contribution < 1.29 is 4.79 Å². The van der Waals surface area contributed by atoms with Crippen LogP contribution >= 0.6 is 15.9 Å². The first-order valence-corrected chi connectivity index (χ1v) is 7.64. The molecule has 1 fully saturated rings. The second kappa shape index (κ2) is 6.54. The number of rotatable bonds is 4. The maximum Gasteiger partial charge on any atom is 0.251 e. The molecule has 6 heteroatoms. The summed E-state index contributed by atoms with van der Waals surface area (Å²) in [6.07, 6.45) is 2.66. The van der Waals surface area contributed by atoms with Gasteiger partial charge in [0.25, 0.3) is 5.56 Å². The van der Waals surface area contributed by atoms with Crippen LogP contribution in [0.2, 0.25) is 0 Å². The van der Waals surface area contributed by atoms with Crippen molar-refractivity contribution in [2.45, 2.75) is 25.9 Å². The van der Waals surface area contributed by atoms with Gasteiger partial charge in [0.2, 0.25) is 5.91 Å². The van der Waals surface area contributed by atoms with Gasteiger partial charge >= 0.3 is 0 Å². The van der Waals surface area contributed by atoms with Gasteiger partial charge in [-0.15, -0.1) is 0 Å². The lowest BCUT2D eigenvalue weighted by Gasteiger charge is -2.25. The average Bonchev–Trinajstić information content (AvgIpc) is 2.90. The number of aromatic nitrogens is 1. The molecule has 1 amide bonds. The third-order valence-corrected chi connectivity index (χ3v) is 4.36. The zero-order valence-corrected chi connectivity index (χ0v) is 13.5. The number of likely N-dealkylation sites (tertiary alicyclic amines) is 1. The molecule has 1 saturated heterocycles. The Labute approximate surface area is 127 Å². The van der Waals surface area contributed by atoms with Crippen molar-refractivity contribution in [1.29, 1.82) is 0 Å². The molecule has 0 saturated carbocycles.